The summed E-state index contributed by atoms with van der Waals surface area (Å²) >= 11 is 0. The van der Waals surface area contributed by atoms with Gasteiger partial charge in [-0.25, -0.2) is 13.9 Å². The molecule has 1 atom stereocenters. The Morgan fingerprint density at radius 2 is 1.77 bits per heavy atom. The molecule has 7 nitrogen and oxygen atoms in total. The number of methoxy groups -OCH3 is 1. The SMILES string of the molecule is CCCCCCCCC(Cc1cccnc1)(C(=O)NO)S(=O)(=O)c1ccc(OC)cc1. The van der Waals surface area contributed by atoms with Crippen molar-refractivity contribution in [2.45, 2.75) is 67.9 Å². The Kier molecular flexibility index (Phi) is 9.45. The fourth-order valence-electron chi connectivity index (χ4n) is 3.74. The van der Waals surface area contributed by atoms with E-state index in [4.69, 9.17) is 4.74 Å². The van der Waals surface area contributed by atoms with Crippen molar-refractivity contribution >= 4 is 15.7 Å². The summed E-state index contributed by atoms with van der Waals surface area (Å²) in [6.07, 6.45) is 8.78. The number of hydrogen-bond acceptors (Lipinski definition) is 6. The zero-order chi connectivity index (χ0) is 22.7. The zero-order valence-electron chi connectivity index (χ0n) is 18.2. The molecule has 1 aromatic heterocycles. The molecule has 0 radical (unpaired) electrons. The molecule has 0 bridgehead atoms. The lowest BCUT2D eigenvalue weighted by molar-refractivity contribution is -0.132. The van der Waals surface area contributed by atoms with Crippen molar-refractivity contribution in [3.05, 3.63) is 54.4 Å². The average molecular weight is 449 g/mol. The molecule has 31 heavy (non-hydrogen) atoms. The fourth-order valence-corrected chi connectivity index (χ4v) is 5.74. The largest absolute Gasteiger partial charge is 0.497 e. The van der Waals surface area contributed by atoms with Gasteiger partial charge < -0.3 is 4.74 Å². The van der Waals surface area contributed by atoms with Crippen molar-refractivity contribution in [2.24, 2.45) is 0 Å². The van der Waals surface area contributed by atoms with E-state index in [9.17, 15) is 18.4 Å². The normalized spacial score (nSPS) is 13.4. The number of aromatic nitrogens is 1. The number of pyridine rings is 1. The Morgan fingerprint density at radius 1 is 1.10 bits per heavy atom. The maximum absolute atomic E-state index is 13.8. The van der Waals surface area contributed by atoms with Crippen LogP contribution in [0.15, 0.2) is 53.7 Å². The van der Waals surface area contributed by atoms with Gasteiger partial charge in [0.1, 0.15) is 5.75 Å². The van der Waals surface area contributed by atoms with Crippen LogP contribution >= 0.6 is 0 Å². The van der Waals surface area contributed by atoms with Gasteiger partial charge >= 0.3 is 0 Å². The van der Waals surface area contributed by atoms with Crippen molar-refractivity contribution in [2.75, 3.05) is 7.11 Å². The van der Waals surface area contributed by atoms with E-state index in [1.165, 1.54) is 19.2 Å². The van der Waals surface area contributed by atoms with Crippen LogP contribution in [0.1, 0.15) is 57.4 Å². The van der Waals surface area contributed by atoms with E-state index in [0.717, 1.165) is 32.1 Å². The lowest BCUT2D eigenvalue weighted by Crippen LogP contribution is -2.53. The number of hydrogen-bond donors (Lipinski definition) is 2. The number of sulfone groups is 1. The highest BCUT2D eigenvalue weighted by atomic mass is 32.2. The van der Waals surface area contributed by atoms with Gasteiger partial charge in [-0.15, -0.1) is 0 Å². The maximum Gasteiger partial charge on any atom is 0.265 e. The third-order valence-electron chi connectivity index (χ3n) is 5.55. The first-order valence-electron chi connectivity index (χ1n) is 10.6. The summed E-state index contributed by atoms with van der Waals surface area (Å²) in [6.45, 7) is 2.13. The summed E-state index contributed by atoms with van der Waals surface area (Å²) in [5, 5.41) is 9.51. The van der Waals surface area contributed by atoms with E-state index < -0.39 is 20.5 Å². The second-order valence-corrected chi connectivity index (χ2v) is 9.93. The summed E-state index contributed by atoms with van der Waals surface area (Å²) in [5.74, 6) is -0.417. The molecule has 0 aliphatic rings. The van der Waals surface area contributed by atoms with E-state index in [1.54, 1.807) is 42.1 Å². The highest BCUT2D eigenvalue weighted by Crippen LogP contribution is 2.35. The predicted molar refractivity (Wildman–Crippen MR) is 119 cm³/mol. The summed E-state index contributed by atoms with van der Waals surface area (Å²) in [6, 6.07) is 9.38. The number of amides is 1. The Labute approximate surface area is 184 Å². The second kappa shape index (κ2) is 11.8. The molecule has 0 fully saturated rings. The summed E-state index contributed by atoms with van der Waals surface area (Å²) in [5.41, 5.74) is 2.23. The molecule has 170 valence electrons. The Balaban J connectivity index is 2.44. The molecule has 2 rings (SSSR count). The highest BCUT2D eigenvalue weighted by Gasteiger charge is 2.51. The van der Waals surface area contributed by atoms with Gasteiger partial charge in [0, 0.05) is 18.8 Å². The second-order valence-electron chi connectivity index (χ2n) is 7.67. The number of benzene rings is 1. The van der Waals surface area contributed by atoms with Crippen LogP contribution < -0.4 is 10.2 Å². The molecular formula is C23H32N2O5S. The van der Waals surface area contributed by atoms with Gasteiger partial charge in [0.25, 0.3) is 5.91 Å². The third kappa shape index (κ3) is 6.04. The van der Waals surface area contributed by atoms with Gasteiger partial charge in [0.15, 0.2) is 14.6 Å². The van der Waals surface area contributed by atoms with Crippen LogP contribution in [0.4, 0.5) is 0 Å². The van der Waals surface area contributed by atoms with Crippen LogP contribution in [-0.2, 0) is 21.1 Å². The van der Waals surface area contributed by atoms with Crippen molar-refractivity contribution in [3.63, 3.8) is 0 Å². The van der Waals surface area contributed by atoms with Crippen LogP contribution in [0, 0.1) is 0 Å². The maximum atomic E-state index is 13.8. The van der Waals surface area contributed by atoms with Gasteiger partial charge in [-0.1, -0.05) is 51.5 Å². The molecule has 1 heterocycles. The first-order valence-corrected chi connectivity index (χ1v) is 12.1. The first kappa shape index (κ1) is 24.8. The fraction of sp³-hybridized carbons (Fsp3) is 0.478. The Hall–Kier alpha value is -2.45. The molecule has 2 N–H and O–H groups in total. The molecule has 0 aliphatic carbocycles. The molecule has 1 unspecified atom stereocenters. The number of rotatable bonds is 13. The number of hydroxylamine groups is 1. The molecule has 0 saturated carbocycles. The average Bonchev–Trinajstić information content (AvgIpc) is 2.80. The van der Waals surface area contributed by atoms with E-state index >= 15 is 0 Å². The first-order chi connectivity index (χ1) is 14.9. The van der Waals surface area contributed by atoms with Crippen LogP contribution in [0.5, 0.6) is 5.75 Å². The summed E-state index contributed by atoms with van der Waals surface area (Å²) in [4.78, 5) is 17.0. The predicted octanol–water partition coefficient (Wildman–Crippen LogP) is 4.10. The van der Waals surface area contributed by atoms with Crippen molar-refractivity contribution in [3.8, 4) is 5.75 Å². The van der Waals surface area contributed by atoms with Gasteiger partial charge in [-0.3, -0.25) is 15.0 Å². The lowest BCUT2D eigenvalue weighted by Gasteiger charge is -2.31. The quantitative estimate of drug-likeness (QED) is 0.271. The summed E-state index contributed by atoms with van der Waals surface area (Å²) < 4.78 is 30.8. The zero-order valence-corrected chi connectivity index (χ0v) is 19.0. The lowest BCUT2D eigenvalue weighted by atomic mass is 9.92. The Bertz CT molecular complexity index is 917. The number of carbonyl (C=O) groups excluding carboxylic acids is 1. The number of ether oxygens (including phenoxy) is 1. The van der Waals surface area contributed by atoms with Gasteiger partial charge in [-0.2, -0.15) is 0 Å². The third-order valence-corrected chi connectivity index (χ3v) is 8.00. The number of nitrogens with one attached hydrogen (secondary N) is 1. The molecular weight excluding hydrogens is 416 g/mol. The van der Waals surface area contributed by atoms with E-state index in [2.05, 4.69) is 11.9 Å². The van der Waals surface area contributed by atoms with Crippen molar-refractivity contribution in [1.29, 1.82) is 0 Å². The molecule has 8 heteroatoms. The van der Waals surface area contributed by atoms with E-state index in [1.807, 2.05) is 0 Å². The molecule has 0 spiro atoms. The van der Waals surface area contributed by atoms with Crippen LogP contribution in [-0.4, -0.2) is 36.4 Å². The van der Waals surface area contributed by atoms with Crippen LogP contribution in [0.25, 0.3) is 0 Å². The van der Waals surface area contributed by atoms with Gasteiger partial charge in [0.05, 0.1) is 12.0 Å². The van der Waals surface area contributed by atoms with Gasteiger partial charge in [-0.05, 0) is 42.3 Å². The minimum Gasteiger partial charge on any atom is -0.497 e. The highest BCUT2D eigenvalue weighted by molar-refractivity contribution is 7.93. The molecule has 0 aliphatic heterocycles. The minimum atomic E-state index is -4.15. The van der Waals surface area contributed by atoms with E-state index in [-0.39, 0.29) is 17.7 Å². The van der Waals surface area contributed by atoms with Crippen LogP contribution in [0.2, 0.25) is 0 Å². The smallest absolute Gasteiger partial charge is 0.265 e. The monoisotopic (exact) mass is 448 g/mol. The number of carbonyl (C=O) groups is 1. The summed E-state index contributed by atoms with van der Waals surface area (Å²) in [7, 11) is -2.66. The Morgan fingerprint density at radius 3 is 2.35 bits per heavy atom. The minimum absolute atomic E-state index is 0.00627. The molecule has 1 aromatic carbocycles. The standard InChI is InChI=1S/C23H32N2O5S/c1-3-4-5-6-7-8-15-23(22(26)25-27,17-19-10-9-16-24-18-19)31(28,29)21-13-11-20(30-2)12-14-21/h9-14,16,18,27H,3-8,15,17H2,1-2H3,(H,25,26). The van der Waals surface area contributed by atoms with Gasteiger partial charge in [0.2, 0.25) is 0 Å². The van der Waals surface area contributed by atoms with Crippen molar-refractivity contribution < 1.29 is 23.2 Å². The van der Waals surface area contributed by atoms with Crippen LogP contribution in [0.3, 0.4) is 0 Å². The number of unbranched alkanes of at least 4 members (excludes halogenated alkanes) is 5. The molecule has 1 amide bonds. The molecule has 2 aromatic rings. The number of nitrogens with zero attached hydrogens (tertiary/aromatic N) is 1. The van der Waals surface area contributed by atoms with Crippen molar-refractivity contribution in [1.82, 2.24) is 10.5 Å². The van der Waals surface area contributed by atoms with E-state index in [0.29, 0.717) is 17.7 Å². The molecule has 0 saturated heterocycles. The topological polar surface area (TPSA) is 106 Å².